The Bertz CT molecular complexity index is 298. The van der Waals surface area contributed by atoms with Gasteiger partial charge in [-0.15, -0.1) is 0 Å². The van der Waals surface area contributed by atoms with E-state index in [1.807, 2.05) is 32.9 Å². The molecular formula is C15H26O2. The van der Waals surface area contributed by atoms with Crippen LogP contribution in [0.2, 0.25) is 0 Å². The molecule has 0 aromatic rings. The van der Waals surface area contributed by atoms with Crippen LogP contribution in [0.25, 0.3) is 0 Å². The van der Waals surface area contributed by atoms with Gasteiger partial charge in [-0.25, -0.2) is 0 Å². The van der Waals surface area contributed by atoms with Crippen LogP contribution in [0, 0.1) is 10.8 Å². The van der Waals surface area contributed by atoms with Crippen molar-refractivity contribution in [2.75, 3.05) is 0 Å². The first-order valence-electron chi connectivity index (χ1n) is 6.25. The first-order chi connectivity index (χ1) is 7.52. The molecule has 0 aromatic heterocycles. The topological polar surface area (TPSA) is 34.1 Å². The summed E-state index contributed by atoms with van der Waals surface area (Å²) in [5.74, 6) is 0.300. The Morgan fingerprint density at radius 1 is 0.941 bits per heavy atom. The Hall–Kier alpha value is -0.920. The summed E-state index contributed by atoms with van der Waals surface area (Å²) in [6.45, 7) is 11.9. The molecule has 17 heavy (non-hydrogen) atoms. The monoisotopic (exact) mass is 238 g/mol. The van der Waals surface area contributed by atoms with E-state index >= 15 is 0 Å². The summed E-state index contributed by atoms with van der Waals surface area (Å²) in [5, 5.41) is 0. The average molecular weight is 238 g/mol. The number of carbonyl (C=O) groups is 2. The van der Waals surface area contributed by atoms with E-state index < -0.39 is 0 Å². The van der Waals surface area contributed by atoms with Crippen LogP contribution in [0.3, 0.4) is 0 Å². The van der Waals surface area contributed by atoms with Gasteiger partial charge in [0.15, 0.2) is 0 Å². The van der Waals surface area contributed by atoms with Crippen molar-refractivity contribution in [3.8, 4) is 0 Å². The fraction of sp³-hybridized carbons (Fsp3) is 0.733. The Labute approximate surface area is 105 Å². The van der Waals surface area contributed by atoms with Crippen molar-refractivity contribution in [1.29, 1.82) is 0 Å². The van der Waals surface area contributed by atoms with Crippen LogP contribution in [0.1, 0.15) is 60.8 Å². The summed E-state index contributed by atoms with van der Waals surface area (Å²) < 4.78 is 0. The standard InChI is InChI=1S/C15H26O2/c1-14(2,3)11-7-8-12(16)9-10-13(17)15(4,5)6/h7,11H,8-10H2,1-6H3/b11-7+. The second-order valence-corrected chi connectivity index (χ2v) is 6.68. The predicted octanol–water partition coefficient (Wildman–Crippen LogP) is 3.94. The molecule has 0 fully saturated rings. The van der Waals surface area contributed by atoms with E-state index in [0.717, 1.165) is 0 Å². The number of ketones is 2. The maximum absolute atomic E-state index is 11.6. The highest BCUT2D eigenvalue weighted by molar-refractivity contribution is 5.89. The molecule has 0 aromatic carbocycles. The van der Waals surface area contributed by atoms with Crippen molar-refractivity contribution in [1.82, 2.24) is 0 Å². The molecule has 0 heterocycles. The van der Waals surface area contributed by atoms with Gasteiger partial charge in [0.1, 0.15) is 11.6 Å². The molecule has 0 amide bonds. The van der Waals surface area contributed by atoms with E-state index in [-0.39, 0.29) is 22.4 Å². The van der Waals surface area contributed by atoms with E-state index in [9.17, 15) is 9.59 Å². The first kappa shape index (κ1) is 16.1. The normalized spacial score (nSPS) is 13.1. The number of hydrogen-bond donors (Lipinski definition) is 0. The molecule has 0 atom stereocenters. The summed E-state index contributed by atoms with van der Waals surface area (Å²) in [6, 6.07) is 0. The first-order valence-corrected chi connectivity index (χ1v) is 6.25. The largest absolute Gasteiger partial charge is 0.299 e. The molecule has 0 unspecified atom stereocenters. The van der Waals surface area contributed by atoms with Crippen LogP contribution in [-0.2, 0) is 9.59 Å². The van der Waals surface area contributed by atoms with Gasteiger partial charge in [-0.1, -0.05) is 53.7 Å². The third-order valence-corrected chi connectivity index (χ3v) is 2.43. The summed E-state index contributed by atoms with van der Waals surface area (Å²) in [7, 11) is 0. The second-order valence-electron chi connectivity index (χ2n) is 6.68. The van der Waals surface area contributed by atoms with Crippen molar-refractivity contribution in [2.24, 2.45) is 10.8 Å². The molecule has 0 N–H and O–H groups in total. The zero-order chi connectivity index (χ0) is 13.7. The van der Waals surface area contributed by atoms with Crippen molar-refractivity contribution in [3.63, 3.8) is 0 Å². The van der Waals surface area contributed by atoms with Crippen molar-refractivity contribution < 1.29 is 9.59 Å². The molecular weight excluding hydrogens is 212 g/mol. The molecule has 0 saturated heterocycles. The fourth-order valence-corrected chi connectivity index (χ4v) is 1.27. The minimum Gasteiger partial charge on any atom is -0.299 e. The molecule has 0 radical (unpaired) electrons. The highest BCUT2D eigenvalue weighted by Gasteiger charge is 2.21. The van der Waals surface area contributed by atoms with Gasteiger partial charge < -0.3 is 0 Å². The third kappa shape index (κ3) is 8.84. The Morgan fingerprint density at radius 2 is 1.47 bits per heavy atom. The smallest absolute Gasteiger partial charge is 0.138 e. The summed E-state index contributed by atoms with van der Waals surface area (Å²) in [6.07, 6.45) is 5.12. The SMILES string of the molecule is CC(C)(C)/C=C/CC(=O)CCC(=O)C(C)(C)C. The summed E-state index contributed by atoms with van der Waals surface area (Å²) in [4.78, 5) is 23.2. The van der Waals surface area contributed by atoms with E-state index in [0.29, 0.717) is 19.3 Å². The van der Waals surface area contributed by atoms with Crippen LogP contribution in [0.15, 0.2) is 12.2 Å². The lowest BCUT2D eigenvalue weighted by molar-refractivity contribution is -0.128. The Kier molecular flexibility index (Phi) is 5.80. The molecule has 0 aliphatic heterocycles. The molecule has 0 aliphatic carbocycles. The number of rotatable bonds is 5. The maximum atomic E-state index is 11.6. The van der Waals surface area contributed by atoms with Crippen LogP contribution in [0.5, 0.6) is 0 Å². The van der Waals surface area contributed by atoms with Gasteiger partial charge in [0, 0.05) is 24.7 Å². The molecule has 0 spiro atoms. The van der Waals surface area contributed by atoms with Gasteiger partial charge >= 0.3 is 0 Å². The lowest BCUT2D eigenvalue weighted by atomic mass is 9.87. The minimum atomic E-state index is -0.332. The zero-order valence-electron chi connectivity index (χ0n) is 12.1. The summed E-state index contributed by atoms with van der Waals surface area (Å²) >= 11 is 0. The lowest BCUT2D eigenvalue weighted by Gasteiger charge is -2.15. The van der Waals surface area contributed by atoms with Crippen molar-refractivity contribution in [2.45, 2.75) is 60.8 Å². The molecule has 2 heteroatoms. The molecule has 0 saturated carbocycles. The van der Waals surface area contributed by atoms with E-state index in [1.54, 1.807) is 0 Å². The second kappa shape index (κ2) is 6.13. The molecule has 0 bridgehead atoms. The number of hydrogen-bond acceptors (Lipinski definition) is 2. The van der Waals surface area contributed by atoms with Gasteiger partial charge in [-0.05, 0) is 5.41 Å². The van der Waals surface area contributed by atoms with Gasteiger partial charge in [0.05, 0.1) is 0 Å². The van der Waals surface area contributed by atoms with Crippen LogP contribution < -0.4 is 0 Å². The molecule has 2 nitrogen and oxygen atoms in total. The zero-order valence-corrected chi connectivity index (χ0v) is 12.1. The lowest BCUT2D eigenvalue weighted by Crippen LogP contribution is -2.20. The van der Waals surface area contributed by atoms with Crippen molar-refractivity contribution >= 4 is 11.6 Å². The average Bonchev–Trinajstić information content (AvgIpc) is 2.10. The number of allylic oxidation sites excluding steroid dienone is 2. The molecule has 98 valence electrons. The van der Waals surface area contributed by atoms with Crippen molar-refractivity contribution in [3.05, 3.63) is 12.2 Å². The van der Waals surface area contributed by atoms with E-state index in [2.05, 4.69) is 20.8 Å². The quantitative estimate of drug-likeness (QED) is 0.680. The van der Waals surface area contributed by atoms with Crippen LogP contribution in [-0.4, -0.2) is 11.6 Å². The maximum Gasteiger partial charge on any atom is 0.138 e. The number of carbonyl (C=O) groups excluding carboxylic acids is 2. The summed E-state index contributed by atoms with van der Waals surface area (Å²) in [5.41, 5.74) is -0.219. The highest BCUT2D eigenvalue weighted by Crippen LogP contribution is 2.18. The van der Waals surface area contributed by atoms with Gasteiger partial charge in [0.25, 0.3) is 0 Å². The predicted molar refractivity (Wildman–Crippen MR) is 71.9 cm³/mol. The van der Waals surface area contributed by atoms with Crippen LogP contribution in [0.4, 0.5) is 0 Å². The molecule has 0 rings (SSSR count). The van der Waals surface area contributed by atoms with Gasteiger partial charge in [-0.2, -0.15) is 0 Å². The number of Topliss-reactive ketones (excluding diaryl/α,β-unsaturated/α-hetero) is 2. The third-order valence-electron chi connectivity index (χ3n) is 2.43. The van der Waals surface area contributed by atoms with Gasteiger partial charge in [-0.3, -0.25) is 9.59 Å². The highest BCUT2D eigenvalue weighted by atomic mass is 16.1. The van der Waals surface area contributed by atoms with E-state index in [4.69, 9.17) is 0 Å². The van der Waals surface area contributed by atoms with E-state index in [1.165, 1.54) is 0 Å². The van der Waals surface area contributed by atoms with Crippen LogP contribution >= 0.6 is 0 Å². The fourth-order valence-electron chi connectivity index (χ4n) is 1.27. The van der Waals surface area contributed by atoms with Gasteiger partial charge in [0.2, 0.25) is 0 Å². The Balaban J connectivity index is 3.98. The molecule has 0 aliphatic rings. The Morgan fingerprint density at radius 3 is 1.88 bits per heavy atom. The minimum absolute atomic E-state index is 0.113.